The van der Waals surface area contributed by atoms with Crippen LogP contribution in [0.2, 0.25) is 0 Å². The monoisotopic (exact) mass is 354 g/mol. The second-order valence-corrected chi connectivity index (χ2v) is 6.27. The average molecular weight is 354 g/mol. The molecule has 0 aromatic heterocycles. The summed E-state index contributed by atoms with van der Waals surface area (Å²) in [6, 6.07) is 12.9. The van der Waals surface area contributed by atoms with Crippen LogP contribution in [0.4, 0.5) is 11.4 Å². The van der Waals surface area contributed by atoms with Gasteiger partial charge in [0.05, 0.1) is 5.56 Å². The minimum Gasteiger partial charge on any atom is -0.452 e. The SMILES string of the molecule is CCCCNc1ccccc1C(=O)OCC(=O)Nc1ccc(C)cc1C. The Morgan fingerprint density at radius 1 is 1.04 bits per heavy atom. The summed E-state index contributed by atoms with van der Waals surface area (Å²) in [4.78, 5) is 24.4. The summed E-state index contributed by atoms with van der Waals surface area (Å²) in [5, 5.41) is 6.00. The minimum atomic E-state index is -0.514. The van der Waals surface area contributed by atoms with Crippen LogP contribution in [0.1, 0.15) is 41.3 Å². The summed E-state index contributed by atoms with van der Waals surface area (Å²) in [6.07, 6.45) is 2.08. The molecule has 2 N–H and O–H groups in total. The van der Waals surface area contributed by atoms with E-state index >= 15 is 0 Å². The Bertz CT molecular complexity index is 772. The number of anilines is 2. The van der Waals surface area contributed by atoms with Gasteiger partial charge < -0.3 is 15.4 Å². The molecule has 0 heterocycles. The molecular weight excluding hydrogens is 328 g/mol. The molecular formula is C21H26N2O3. The smallest absolute Gasteiger partial charge is 0.340 e. The molecule has 26 heavy (non-hydrogen) atoms. The van der Waals surface area contributed by atoms with Crippen molar-refractivity contribution >= 4 is 23.3 Å². The van der Waals surface area contributed by atoms with Gasteiger partial charge in [-0.25, -0.2) is 4.79 Å². The number of hydrogen-bond donors (Lipinski definition) is 2. The van der Waals surface area contributed by atoms with Crippen molar-refractivity contribution < 1.29 is 14.3 Å². The van der Waals surface area contributed by atoms with E-state index in [1.165, 1.54) is 0 Å². The van der Waals surface area contributed by atoms with Crippen LogP contribution in [0, 0.1) is 13.8 Å². The Balaban J connectivity index is 1.92. The number of rotatable bonds is 8. The van der Waals surface area contributed by atoms with Gasteiger partial charge in [-0.1, -0.05) is 43.2 Å². The van der Waals surface area contributed by atoms with Gasteiger partial charge in [-0.05, 0) is 44.0 Å². The van der Waals surface area contributed by atoms with E-state index in [1.807, 2.05) is 44.2 Å². The predicted octanol–water partition coefficient (Wildman–Crippen LogP) is 4.31. The van der Waals surface area contributed by atoms with Crippen LogP contribution < -0.4 is 10.6 Å². The fraction of sp³-hybridized carbons (Fsp3) is 0.333. The zero-order chi connectivity index (χ0) is 18.9. The normalized spacial score (nSPS) is 10.3. The average Bonchev–Trinajstić information content (AvgIpc) is 2.63. The first kappa shape index (κ1) is 19.5. The van der Waals surface area contributed by atoms with Crippen LogP contribution in [0.15, 0.2) is 42.5 Å². The number of nitrogens with one attached hydrogen (secondary N) is 2. The van der Waals surface area contributed by atoms with Gasteiger partial charge in [0.15, 0.2) is 6.61 Å². The molecule has 0 saturated heterocycles. The molecule has 0 aliphatic carbocycles. The first-order valence-electron chi connectivity index (χ1n) is 8.88. The highest BCUT2D eigenvalue weighted by Gasteiger charge is 2.14. The van der Waals surface area contributed by atoms with Crippen LogP contribution in [0.5, 0.6) is 0 Å². The molecule has 0 aliphatic heterocycles. The van der Waals surface area contributed by atoms with E-state index in [4.69, 9.17) is 4.74 Å². The van der Waals surface area contributed by atoms with E-state index in [9.17, 15) is 9.59 Å². The molecule has 0 spiro atoms. The van der Waals surface area contributed by atoms with Crippen molar-refractivity contribution in [3.05, 3.63) is 59.2 Å². The maximum absolute atomic E-state index is 12.3. The third kappa shape index (κ3) is 5.62. The van der Waals surface area contributed by atoms with Gasteiger partial charge in [-0.3, -0.25) is 4.79 Å². The number of ether oxygens (including phenoxy) is 1. The van der Waals surface area contributed by atoms with E-state index < -0.39 is 5.97 Å². The Morgan fingerprint density at radius 2 is 1.81 bits per heavy atom. The van der Waals surface area contributed by atoms with Gasteiger partial charge >= 0.3 is 5.97 Å². The van der Waals surface area contributed by atoms with Crippen molar-refractivity contribution in [2.45, 2.75) is 33.6 Å². The molecule has 2 aromatic rings. The first-order valence-corrected chi connectivity index (χ1v) is 8.88. The summed E-state index contributed by atoms with van der Waals surface area (Å²) in [5.41, 5.74) is 3.97. The minimum absolute atomic E-state index is 0.324. The van der Waals surface area contributed by atoms with E-state index in [0.29, 0.717) is 5.56 Å². The van der Waals surface area contributed by atoms with E-state index in [2.05, 4.69) is 17.6 Å². The summed E-state index contributed by atoms with van der Waals surface area (Å²) >= 11 is 0. The summed E-state index contributed by atoms with van der Waals surface area (Å²) in [7, 11) is 0. The predicted molar refractivity (Wildman–Crippen MR) is 105 cm³/mol. The van der Waals surface area contributed by atoms with Crippen molar-refractivity contribution in [2.24, 2.45) is 0 Å². The Morgan fingerprint density at radius 3 is 2.54 bits per heavy atom. The standard InChI is InChI=1S/C21H26N2O3/c1-4-5-12-22-19-9-7-6-8-17(19)21(25)26-14-20(24)23-18-11-10-15(2)13-16(18)3/h6-11,13,22H,4-5,12,14H2,1-3H3,(H,23,24). The second kappa shape index (κ2) is 9.61. The molecule has 0 aliphatic rings. The highest BCUT2D eigenvalue weighted by Crippen LogP contribution is 2.17. The lowest BCUT2D eigenvalue weighted by Gasteiger charge is -2.12. The Hall–Kier alpha value is -2.82. The molecule has 5 heteroatoms. The van der Waals surface area contributed by atoms with Crippen molar-refractivity contribution in [3.8, 4) is 0 Å². The zero-order valence-electron chi connectivity index (χ0n) is 15.6. The van der Waals surface area contributed by atoms with E-state index in [0.717, 1.165) is 41.9 Å². The molecule has 0 fully saturated rings. The quantitative estimate of drug-likeness (QED) is 0.547. The van der Waals surface area contributed by atoms with Gasteiger partial charge in [0, 0.05) is 17.9 Å². The van der Waals surface area contributed by atoms with Gasteiger partial charge in [0.2, 0.25) is 0 Å². The van der Waals surface area contributed by atoms with Crippen molar-refractivity contribution in [3.63, 3.8) is 0 Å². The molecule has 2 aromatic carbocycles. The van der Waals surface area contributed by atoms with Crippen LogP contribution >= 0.6 is 0 Å². The number of esters is 1. The number of para-hydroxylation sites is 1. The number of carbonyl (C=O) groups excluding carboxylic acids is 2. The molecule has 0 bridgehead atoms. The van der Waals surface area contributed by atoms with Crippen molar-refractivity contribution in [1.82, 2.24) is 0 Å². The number of unbranched alkanes of at least 4 members (excludes halogenated alkanes) is 1. The molecule has 1 amide bonds. The lowest BCUT2D eigenvalue weighted by atomic mass is 10.1. The van der Waals surface area contributed by atoms with Crippen LogP contribution in [-0.4, -0.2) is 25.0 Å². The summed E-state index contributed by atoms with van der Waals surface area (Å²) in [6.45, 7) is 6.48. The largest absolute Gasteiger partial charge is 0.452 e. The van der Waals surface area contributed by atoms with E-state index in [-0.39, 0.29) is 12.5 Å². The van der Waals surface area contributed by atoms with Gasteiger partial charge in [-0.15, -0.1) is 0 Å². The topological polar surface area (TPSA) is 67.4 Å². The van der Waals surface area contributed by atoms with Crippen molar-refractivity contribution in [1.29, 1.82) is 0 Å². The third-order valence-corrected chi connectivity index (χ3v) is 3.98. The van der Waals surface area contributed by atoms with Gasteiger partial charge in [0.1, 0.15) is 0 Å². The second-order valence-electron chi connectivity index (χ2n) is 6.27. The Kier molecular flexibility index (Phi) is 7.21. The van der Waals surface area contributed by atoms with Crippen LogP contribution in [0.25, 0.3) is 0 Å². The first-order chi connectivity index (χ1) is 12.5. The molecule has 5 nitrogen and oxygen atoms in total. The Labute approximate surface area is 154 Å². The lowest BCUT2D eigenvalue weighted by Crippen LogP contribution is -2.22. The zero-order valence-corrected chi connectivity index (χ0v) is 15.6. The number of aryl methyl sites for hydroxylation is 2. The number of carbonyl (C=O) groups is 2. The van der Waals surface area contributed by atoms with Crippen LogP contribution in [0.3, 0.4) is 0 Å². The maximum Gasteiger partial charge on any atom is 0.340 e. The molecule has 0 unspecified atom stereocenters. The maximum atomic E-state index is 12.3. The highest BCUT2D eigenvalue weighted by molar-refractivity contribution is 5.98. The van der Waals surface area contributed by atoms with Crippen LogP contribution in [-0.2, 0) is 9.53 Å². The fourth-order valence-electron chi connectivity index (χ4n) is 2.56. The molecule has 0 saturated carbocycles. The number of amides is 1. The fourth-order valence-corrected chi connectivity index (χ4v) is 2.56. The lowest BCUT2D eigenvalue weighted by molar-refractivity contribution is -0.119. The number of benzene rings is 2. The molecule has 0 atom stereocenters. The van der Waals surface area contributed by atoms with E-state index in [1.54, 1.807) is 12.1 Å². The molecule has 0 radical (unpaired) electrons. The van der Waals surface area contributed by atoms with Crippen molar-refractivity contribution in [2.75, 3.05) is 23.8 Å². The number of hydrogen-bond acceptors (Lipinski definition) is 4. The van der Waals surface area contributed by atoms with Gasteiger partial charge in [0.25, 0.3) is 5.91 Å². The third-order valence-electron chi connectivity index (χ3n) is 3.98. The summed E-state index contributed by atoms with van der Waals surface area (Å²) < 4.78 is 5.18. The molecule has 138 valence electrons. The summed E-state index contributed by atoms with van der Waals surface area (Å²) in [5.74, 6) is -0.873. The highest BCUT2D eigenvalue weighted by atomic mass is 16.5. The molecule has 2 rings (SSSR count). The van der Waals surface area contributed by atoms with Gasteiger partial charge in [-0.2, -0.15) is 0 Å².